The van der Waals surface area contributed by atoms with Gasteiger partial charge in [0.15, 0.2) is 17.4 Å². The van der Waals surface area contributed by atoms with E-state index in [4.69, 9.17) is 10.2 Å². The number of benzene rings is 1. The van der Waals surface area contributed by atoms with Gasteiger partial charge >= 0.3 is 0 Å². The monoisotopic (exact) mass is 244 g/mol. The Labute approximate surface area is 104 Å². The minimum atomic E-state index is -0.387. The van der Waals surface area contributed by atoms with Crippen LogP contribution < -0.4 is 11.1 Å². The molecule has 1 amide bonds. The third kappa shape index (κ3) is 2.57. The van der Waals surface area contributed by atoms with Crippen LogP contribution in [-0.2, 0) is 0 Å². The van der Waals surface area contributed by atoms with E-state index in [-0.39, 0.29) is 23.3 Å². The van der Waals surface area contributed by atoms with E-state index in [2.05, 4.69) is 5.32 Å². The van der Waals surface area contributed by atoms with Crippen LogP contribution in [0.2, 0.25) is 0 Å². The van der Waals surface area contributed by atoms with Crippen LogP contribution in [0.3, 0.4) is 0 Å². The summed E-state index contributed by atoms with van der Waals surface area (Å²) in [6, 6.07) is 9.60. The molecule has 5 heteroatoms. The summed E-state index contributed by atoms with van der Waals surface area (Å²) in [7, 11) is 0. The van der Waals surface area contributed by atoms with Gasteiger partial charge in [0, 0.05) is 17.3 Å². The van der Waals surface area contributed by atoms with Crippen molar-refractivity contribution >= 4 is 23.3 Å². The molecule has 0 fully saturated rings. The Morgan fingerprint density at radius 1 is 1.11 bits per heavy atom. The van der Waals surface area contributed by atoms with Crippen molar-refractivity contribution in [1.82, 2.24) is 0 Å². The normalized spacial score (nSPS) is 10.1. The molecule has 0 unspecified atom stereocenters. The van der Waals surface area contributed by atoms with E-state index < -0.39 is 0 Å². The molecule has 2 aromatic rings. The number of amides is 1. The van der Waals surface area contributed by atoms with Crippen molar-refractivity contribution in [3.05, 3.63) is 47.7 Å². The van der Waals surface area contributed by atoms with Crippen molar-refractivity contribution in [3.8, 4) is 0 Å². The number of furan rings is 1. The maximum Gasteiger partial charge on any atom is 0.291 e. The number of hydrogen-bond donors (Lipinski definition) is 2. The summed E-state index contributed by atoms with van der Waals surface area (Å²) in [5.74, 6) is -0.0795. The molecule has 5 nitrogen and oxygen atoms in total. The molecule has 2 rings (SSSR count). The molecule has 0 saturated heterocycles. The van der Waals surface area contributed by atoms with Crippen LogP contribution in [0.4, 0.5) is 11.6 Å². The first-order chi connectivity index (χ1) is 8.56. The molecule has 92 valence electrons. The second-order valence-electron chi connectivity index (χ2n) is 3.79. The van der Waals surface area contributed by atoms with Crippen LogP contribution in [0, 0.1) is 0 Å². The predicted molar refractivity (Wildman–Crippen MR) is 67.5 cm³/mol. The number of carbonyl (C=O) groups excluding carboxylic acids is 2. The van der Waals surface area contributed by atoms with Crippen LogP contribution in [0.1, 0.15) is 27.8 Å². The fourth-order valence-corrected chi connectivity index (χ4v) is 1.46. The van der Waals surface area contributed by atoms with Gasteiger partial charge in [-0.1, -0.05) is 0 Å². The van der Waals surface area contributed by atoms with Crippen molar-refractivity contribution in [3.63, 3.8) is 0 Å². The Bertz CT molecular complexity index is 585. The minimum Gasteiger partial charge on any atom is -0.436 e. The van der Waals surface area contributed by atoms with Gasteiger partial charge in [0.05, 0.1) is 0 Å². The van der Waals surface area contributed by atoms with E-state index in [1.807, 2.05) is 0 Å². The van der Waals surface area contributed by atoms with E-state index >= 15 is 0 Å². The maximum absolute atomic E-state index is 11.7. The maximum atomic E-state index is 11.7. The molecule has 0 aliphatic carbocycles. The van der Waals surface area contributed by atoms with Crippen LogP contribution in [0.5, 0.6) is 0 Å². The van der Waals surface area contributed by atoms with E-state index in [1.165, 1.54) is 19.1 Å². The Morgan fingerprint density at radius 3 is 2.28 bits per heavy atom. The van der Waals surface area contributed by atoms with Crippen LogP contribution in [-0.4, -0.2) is 11.7 Å². The molecular weight excluding hydrogens is 232 g/mol. The predicted octanol–water partition coefficient (Wildman–Crippen LogP) is 2.32. The lowest BCUT2D eigenvalue weighted by Gasteiger charge is -2.03. The Kier molecular flexibility index (Phi) is 3.14. The zero-order valence-electron chi connectivity index (χ0n) is 9.77. The number of nitrogens with one attached hydrogen (secondary N) is 1. The highest BCUT2D eigenvalue weighted by atomic mass is 16.4. The van der Waals surface area contributed by atoms with Crippen LogP contribution in [0.15, 0.2) is 40.8 Å². The van der Waals surface area contributed by atoms with Gasteiger partial charge in [0.25, 0.3) is 5.91 Å². The van der Waals surface area contributed by atoms with Crippen molar-refractivity contribution in [1.29, 1.82) is 0 Å². The number of nitrogen functional groups attached to an aromatic ring is 1. The van der Waals surface area contributed by atoms with Gasteiger partial charge in [-0.25, -0.2) is 0 Å². The lowest BCUT2D eigenvalue weighted by atomic mass is 10.1. The zero-order chi connectivity index (χ0) is 13.1. The van der Waals surface area contributed by atoms with Crippen LogP contribution >= 0.6 is 0 Å². The van der Waals surface area contributed by atoms with Gasteiger partial charge in [0.1, 0.15) is 0 Å². The molecule has 3 N–H and O–H groups in total. The number of nitrogens with two attached hydrogens (primary N) is 1. The van der Waals surface area contributed by atoms with Crippen molar-refractivity contribution in [2.45, 2.75) is 6.92 Å². The molecule has 1 heterocycles. The van der Waals surface area contributed by atoms with Gasteiger partial charge in [-0.15, -0.1) is 0 Å². The van der Waals surface area contributed by atoms with Gasteiger partial charge in [0.2, 0.25) is 0 Å². The highest BCUT2D eigenvalue weighted by molar-refractivity contribution is 6.02. The molecule has 0 bridgehead atoms. The summed E-state index contributed by atoms with van der Waals surface area (Å²) in [6.07, 6.45) is 0. The molecule has 0 aliphatic heterocycles. The van der Waals surface area contributed by atoms with Gasteiger partial charge in [-0.3, -0.25) is 9.59 Å². The molecule has 0 saturated carbocycles. The number of hydrogen-bond acceptors (Lipinski definition) is 4. The van der Waals surface area contributed by atoms with Gasteiger partial charge in [-0.2, -0.15) is 0 Å². The second-order valence-corrected chi connectivity index (χ2v) is 3.79. The third-order valence-corrected chi connectivity index (χ3v) is 2.40. The summed E-state index contributed by atoms with van der Waals surface area (Å²) in [5.41, 5.74) is 6.55. The van der Waals surface area contributed by atoms with E-state index in [1.54, 1.807) is 24.3 Å². The first-order valence-corrected chi connectivity index (χ1v) is 5.34. The zero-order valence-corrected chi connectivity index (χ0v) is 9.77. The number of carbonyl (C=O) groups is 2. The van der Waals surface area contributed by atoms with Gasteiger partial charge < -0.3 is 15.5 Å². The molecule has 0 atom stereocenters. The average Bonchev–Trinajstić information content (AvgIpc) is 2.76. The Hall–Kier alpha value is -2.56. The van der Waals surface area contributed by atoms with Crippen LogP contribution in [0.25, 0.3) is 0 Å². The van der Waals surface area contributed by atoms with E-state index in [9.17, 15) is 9.59 Å². The number of Topliss-reactive ketones (excluding diaryl/α,β-unsaturated/α-hetero) is 1. The first kappa shape index (κ1) is 11.9. The van der Waals surface area contributed by atoms with Crippen molar-refractivity contribution in [2.75, 3.05) is 11.1 Å². The molecule has 18 heavy (non-hydrogen) atoms. The molecule has 0 spiro atoms. The fourth-order valence-electron chi connectivity index (χ4n) is 1.46. The van der Waals surface area contributed by atoms with E-state index in [0.717, 1.165) is 0 Å². The quantitative estimate of drug-likeness (QED) is 0.811. The first-order valence-electron chi connectivity index (χ1n) is 5.34. The summed E-state index contributed by atoms with van der Waals surface area (Å²) in [5, 5.41) is 2.64. The Morgan fingerprint density at radius 2 is 1.78 bits per heavy atom. The van der Waals surface area contributed by atoms with Crippen molar-refractivity contribution < 1.29 is 14.0 Å². The lowest BCUT2D eigenvalue weighted by Crippen LogP contribution is -2.10. The molecular formula is C13H12N2O3. The summed E-state index contributed by atoms with van der Waals surface area (Å²) < 4.78 is 4.99. The topological polar surface area (TPSA) is 85.3 Å². The number of rotatable bonds is 3. The highest BCUT2D eigenvalue weighted by Gasteiger charge is 2.10. The lowest BCUT2D eigenvalue weighted by molar-refractivity contribution is 0.0995. The Balaban J connectivity index is 2.10. The van der Waals surface area contributed by atoms with Crippen molar-refractivity contribution in [2.24, 2.45) is 0 Å². The van der Waals surface area contributed by atoms with Gasteiger partial charge in [-0.05, 0) is 37.3 Å². The smallest absolute Gasteiger partial charge is 0.291 e. The largest absolute Gasteiger partial charge is 0.436 e. The minimum absolute atomic E-state index is 0.0216. The summed E-state index contributed by atoms with van der Waals surface area (Å²) >= 11 is 0. The third-order valence-electron chi connectivity index (χ3n) is 2.40. The molecule has 1 aromatic heterocycles. The SMILES string of the molecule is CC(=O)c1ccc(NC(=O)c2ccc(N)o2)cc1. The summed E-state index contributed by atoms with van der Waals surface area (Å²) in [6.45, 7) is 1.49. The van der Waals surface area contributed by atoms with E-state index in [0.29, 0.717) is 11.3 Å². The molecule has 1 aromatic carbocycles. The standard InChI is InChI=1S/C13H12N2O3/c1-8(16)9-2-4-10(5-3-9)15-13(17)11-6-7-12(14)18-11/h2-7H,14H2,1H3,(H,15,17). The molecule has 0 aliphatic rings. The second kappa shape index (κ2) is 4.75. The summed E-state index contributed by atoms with van der Waals surface area (Å²) in [4.78, 5) is 22.8. The average molecular weight is 244 g/mol. The fraction of sp³-hybridized carbons (Fsp3) is 0.0769. The molecule has 0 radical (unpaired) electrons. The number of anilines is 2. The number of ketones is 1. The highest BCUT2D eigenvalue weighted by Crippen LogP contribution is 2.14.